The van der Waals surface area contributed by atoms with Gasteiger partial charge in [0, 0.05) is 13.1 Å². The summed E-state index contributed by atoms with van der Waals surface area (Å²) in [4.78, 5) is 17.1. The first-order valence-electron chi connectivity index (χ1n) is 7.73. The van der Waals surface area contributed by atoms with Gasteiger partial charge in [0.1, 0.15) is 0 Å². The highest BCUT2D eigenvalue weighted by atomic mass is 16.3. The zero-order chi connectivity index (χ0) is 14.8. The number of aromatic nitrogens is 2. The smallest absolute Gasteiger partial charge is 0.326 e. The first-order valence-corrected chi connectivity index (χ1v) is 7.73. The van der Waals surface area contributed by atoms with Crippen LogP contribution in [0.3, 0.4) is 0 Å². The average Bonchev–Trinajstić information content (AvgIpc) is 2.79. The first-order chi connectivity index (χ1) is 10.1. The summed E-state index contributed by atoms with van der Waals surface area (Å²) in [5.41, 5.74) is 1.82. The Morgan fingerprint density at radius 2 is 2.14 bits per heavy atom. The molecule has 5 heteroatoms. The van der Waals surface area contributed by atoms with Gasteiger partial charge in [-0.1, -0.05) is 19.1 Å². The summed E-state index contributed by atoms with van der Waals surface area (Å²) in [6, 6.07) is 7.78. The van der Waals surface area contributed by atoms with E-state index in [9.17, 15) is 9.90 Å². The van der Waals surface area contributed by atoms with Crippen molar-refractivity contribution < 1.29 is 5.11 Å². The Morgan fingerprint density at radius 1 is 1.33 bits per heavy atom. The van der Waals surface area contributed by atoms with Crippen LogP contribution in [0.5, 0.6) is 0 Å². The number of nitrogens with one attached hydrogen (secondary N) is 1. The molecule has 2 heterocycles. The fourth-order valence-corrected chi connectivity index (χ4v) is 3.10. The molecule has 1 aromatic carbocycles. The van der Waals surface area contributed by atoms with Gasteiger partial charge in [0.25, 0.3) is 0 Å². The summed E-state index contributed by atoms with van der Waals surface area (Å²) < 4.78 is 1.80. The molecule has 0 bridgehead atoms. The van der Waals surface area contributed by atoms with Crippen molar-refractivity contribution in [3.05, 3.63) is 34.7 Å². The van der Waals surface area contributed by atoms with E-state index in [-0.39, 0.29) is 11.8 Å². The van der Waals surface area contributed by atoms with E-state index in [0.29, 0.717) is 12.5 Å². The van der Waals surface area contributed by atoms with Crippen molar-refractivity contribution in [2.45, 2.75) is 32.4 Å². The molecule has 0 spiro atoms. The molecule has 2 N–H and O–H groups in total. The number of imidazole rings is 1. The Kier molecular flexibility index (Phi) is 4.12. The lowest BCUT2D eigenvalue weighted by Gasteiger charge is -2.34. The van der Waals surface area contributed by atoms with E-state index in [2.05, 4.69) is 16.8 Å². The van der Waals surface area contributed by atoms with Crippen LogP contribution >= 0.6 is 0 Å². The lowest BCUT2D eigenvalue weighted by Crippen LogP contribution is -2.43. The molecule has 0 radical (unpaired) electrons. The van der Waals surface area contributed by atoms with Crippen molar-refractivity contribution in [2.24, 2.45) is 5.92 Å². The van der Waals surface area contributed by atoms with Crippen LogP contribution in [0.2, 0.25) is 0 Å². The van der Waals surface area contributed by atoms with Gasteiger partial charge in [-0.3, -0.25) is 4.57 Å². The number of fused-ring (bicyclic) bond motifs is 1. The highest BCUT2D eigenvalue weighted by Crippen LogP contribution is 2.17. The summed E-state index contributed by atoms with van der Waals surface area (Å²) in [5.74, 6) is 0.400. The number of para-hydroxylation sites is 2. The molecule has 5 nitrogen and oxygen atoms in total. The van der Waals surface area contributed by atoms with E-state index >= 15 is 0 Å². The Hall–Kier alpha value is -1.59. The average molecular weight is 289 g/mol. The minimum Gasteiger partial charge on any atom is -0.392 e. The number of nitrogens with zero attached hydrogens (tertiary/aromatic N) is 2. The number of H-pyrrole nitrogens is 1. The van der Waals surface area contributed by atoms with E-state index < -0.39 is 0 Å². The molecule has 114 valence electrons. The Bertz CT molecular complexity index is 661. The number of rotatable bonds is 4. The summed E-state index contributed by atoms with van der Waals surface area (Å²) in [7, 11) is 0. The van der Waals surface area contributed by atoms with Crippen LogP contribution < -0.4 is 5.69 Å². The van der Waals surface area contributed by atoms with Crippen molar-refractivity contribution >= 4 is 11.0 Å². The van der Waals surface area contributed by atoms with Crippen LogP contribution in [0, 0.1) is 5.92 Å². The van der Waals surface area contributed by atoms with Gasteiger partial charge in [-0.25, -0.2) is 4.79 Å². The molecule has 2 aromatic rings. The number of aliphatic hydroxyl groups excluding tert-OH is 1. The third kappa shape index (κ3) is 3.04. The van der Waals surface area contributed by atoms with E-state index in [1.54, 1.807) is 4.57 Å². The van der Waals surface area contributed by atoms with E-state index in [0.717, 1.165) is 43.5 Å². The van der Waals surface area contributed by atoms with Crippen molar-refractivity contribution in [1.82, 2.24) is 14.5 Å². The predicted octanol–water partition coefficient (Wildman–Crippen LogP) is 1.42. The molecule has 2 unspecified atom stereocenters. The van der Waals surface area contributed by atoms with Crippen molar-refractivity contribution in [3.8, 4) is 0 Å². The second-order valence-corrected chi connectivity index (χ2v) is 6.09. The number of aromatic amines is 1. The van der Waals surface area contributed by atoms with Gasteiger partial charge in [-0.2, -0.15) is 0 Å². The maximum Gasteiger partial charge on any atom is 0.326 e. The zero-order valence-corrected chi connectivity index (χ0v) is 12.5. The van der Waals surface area contributed by atoms with E-state index in [1.807, 2.05) is 24.3 Å². The van der Waals surface area contributed by atoms with Crippen LogP contribution in [-0.4, -0.2) is 45.3 Å². The molecule has 0 saturated carbocycles. The topological polar surface area (TPSA) is 61.3 Å². The summed E-state index contributed by atoms with van der Waals surface area (Å²) in [6.07, 6.45) is 1.76. The van der Waals surface area contributed by atoms with Crippen LogP contribution in [0.1, 0.15) is 19.8 Å². The number of piperidine rings is 1. The van der Waals surface area contributed by atoms with Crippen LogP contribution in [0.4, 0.5) is 0 Å². The van der Waals surface area contributed by atoms with Crippen LogP contribution in [0.25, 0.3) is 11.0 Å². The van der Waals surface area contributed by atoms with Gasteiger partial charge >= 0.3 is 5.69 Å². The standard InChI is InChI=1S/C16H23N3O2/c1-12-7-10-18(11-15(12)20)8-4-9-19-14-6-3-2-5-13(14)17-16(19)21/h2-3,5-6,12,15,20H,4,7-11H2,1H3,(H,17,21). The minimum atomic E-state index is -0.213. The maximum atomic E-state index is 12.0. The molecule has 1 aliphatic rings. The molecule has 1 saturated heterocycles. The normalized spacial score (nSPS) is 23.7. The Morgan fingerprint density at radius 3 is 2.95 bits per heavy atom. The molecule has 21 heavy (non-hydrogen) atoms. The maximum absolute atomic E-state index is 12.0. The highest BCUT2D eigenvalue weighted by Gasteiger charge is 2.23. The van der Waals surface area contributed by atoms with Gasteiger partial charge in [0.15, 0.2) is 0 Å². The SMILES string of the molecule is CC1CCN(CCCn2c(=O)[nH]c3ccccc32)CC1O. The summed E-state index contributed by atoms with van der Waals surface area (Å²) in [5, 5.41) is 9.91. The summed E-state index contributed by atoms with van der Waals surface area (Å²) in [6.45, 7) is 5.54. The molecule has 0 aliphatic carbocycles. The predicted molar refractivity (Wildman–Crippen MR) is 83.4 cm³/mol. The molecule has 0 amide bonds. The van der Waals surface area contributed by atoms with E-state index in [1.165, 1.54) is 0 Å². The van der Waals surface area contributed by atoms with Gasteiger partial charge < -0.3 is 15.0 Å². The van der Waals surface area contributed by atoms with Gasteiger partial charge in [0.2, 0.25) is 0 Å². The molecule has 2 atom stereocenters. The van der Waals surface area contributed by atoms with Crippen LogP contribution in [-0.2, 0) is 6.54 Å². The number of hydrogen-bond acceptors (Lipinski definition) is 3. The molecular formula is C16H23N3O2. The third-order valence-corrected chi connectivity index (χ3v) is 4.54. The fraction of sp³-hybridized carbons (Fsp3) is 0.562. The second-order valence-electron chi connectivity index (χ2n) is 6.09. The fourth-order valence-electron chi connectivity index (χ4n) is 3.10. The number of likely N-dealkylation sites (tertiary alicyclic amines) is 1. The second kappa shape index (κ2) is 6.03. The zero-order valence-electron chi connectivity index (χ0n) is 12.5. The molecule has 3 rings (SSSR count). The van der Waals surface area contributed by atoms with Crippen molar-refractivity contribution in [2.75, 3.05) is 19.6 Å². The number of aryl methyl sites for hydroxylation is 1. The van der Waals surface area contributed by atoms with Gasteiger partial charge in [0.05, 0.1) is 17.1 Å². The lowest BCUT2D eigenvalue weighted by atomic mass is 9.96. The first kappa shape index (κ1) is 14.4. The van der Waals surface area contributed by atoms with Crippen LogP contribution in [0.15, 0.2) is 29.1 Å². The van der Waals surface area contributed by atoms with Crippen molar-refractivity contribution in [3.63, 3.8) is 0 Å². The molecule has 1 aliphatic heterocycles. The van der Waals surface area contributed by atoms with Gasteiger partial charge in [-0.15, -0.1) is 0 Å². The molecule has 1 aromatic heterocycles. The number of aliphatic hydroxyl groups is 1. The third-order valence-electron chi connectivity index (χ3n) is 4.54. The van der Waals surface area contributed by atoms with Crippen molar-refractivity contribution in [1.29, 1.82) is 0 Å². The molecular weight excluding hydrogens is 266 g/mol. The minimum absolute atomic E-state index is 0.0384. The highest BCUT2D eigenvalue weighted by molar-refractivity contribution is 5.74. The monoisotopic (exact) mass is 289 g/mol. The quantitative estimate of drug-likeness (QED) is 0.895. The Balaban J connectivity index is 1.60. The number of benzene rings is 1. The summed E-state index contributed by atoms with van der Waals surface area (Å²) >= 11 is 0. The number of hydrogen-bond donors (Lipinski definition) is 2. The number of β-amino-alcohol motifs (C(OH)–C–C–N with tert-alkyl or cyclic N) is 1. The lowest BCUT2D eigenvalue weighted by molar-refractivity contribution is 0.0284. The van der Waals surface area contributed by atoms with Gasteiger partial charge in [-0.05, 0) is 44.0 Å². The molecule has 1 fully saturated rings. The van der Waals surface area contributed by atoms with E-state index in [4.69, 9.17) is 0 Å². The largest absolute Gasteiger partial charge is 0.392 e. The Labute approximate surface area is 124 Å².